The molecule has 3 unspecified atom stereocenters. The van der Waals surface area contributed by atoms with E-state index in [0.717, 1.165) is 22.6 Å². The molecule has 1 aromatic carbocycles. The molecule has 1 amide bonds. The average Bonchev–Trinajstić information content (AvgIpc) is 3.33. The zero-order valence-electron chi connectivity index (χ0n) is 15.4. The van der Waals surface area contributed by atoms with Crippen LogP contribution in [0.15, 0.2) is 48.7 Å². The van der Waals surface area contributed by atoms with E-state index < -0.39 is 0 Å². The molecule has 140 valence electrons. The third-order valence-electron chi connectivity index (χ3n) is 4.93. The van der Waals surface area contributed by atoms with Gasteiger partial charge in [-0.1, -0.05) is 32.0 Å². The minimum Gasteiger partial charge on any atom is -0.344 e. The van der Waals surface area contributed by atoms with Crippen LogP contribution < -0.4 is 16.2 Å². The van der Waals surface area contributed by atoms with Crippen molar-refractivity contribution in [1.82, 2.24) is 31.1 Å². The van der Waals surface area contributed by atoms with Crippen molar-refractivity contribution < 1.29 is 4.79 Å². The van der Waals surface area contributed by atoms with E-state index in [9.17, 15) is 4.79 Å². The van der Waals surface area contributed by atoms with Crippen molar-refractivity contribution in [2.24, 2.45) is 5.92 Å². The number of hydrazine groups is 1. The van der Waals surface area contributed by atoms with Gasteiger partial charge in [0.1, 0.15) is 11.9 Å². The minimum atomic E-state index is -0.317. The van der Waals surface area contributed by atoms with Crippen LogP contribution >= 0.6 is 0 Å². The Labute approximate surface area is 158 Å². The lowest BCUT2D eigenvalue weighted by Crippen LogP contribution is -2.45. The highest BCUT2D eigenvalue weighted by Crippen LogP contribution is 2.24. The Kier molecular flexibility index (Phi) is 4.87. The minimum absolute atomic E-state index is 0.0191. The van der Waals surface area contributed by atoms with E-state index in [0.29, 0.717) is 6.42 Å². The predicted molar refractivity (Wildman–Crippen MR) is 103 cm³/mol. The topological polar surface area (TPSA) is 94.7 Å². The molecule has 0 saturated carbocycles. The molecule has 2 aromatic heterocycles. The van der Waals surface area contributed by atoms with Gasteiger partial charge in [-0.2, -0.15) is 0 Å². The lowest BCUT2D eigenvalue weighted by atomic mass is 10.0. The van der Waals surface area contributed by atoms with Crippen LogP contribution in [0.5, 0.6) is 0 Å². The number of H-pyrrole nitrogens is 1. The van der Waals surface area contributed by atoms with Gasteiger partial charge in [-0.3, -0.25) is 9.78 Å². The molecule has 0 bridgehead atoms. The zero-order chi connectivity index (χ0) is 18.8. The molecule has 7 nitrogen and oxygen atoms in total. The van der Waals surface area contributed by atoms with E-state index in [2.05, 4.69) is 45.0 Å². The quantitative estimate of drug-likeness (QED) is 0.558. The number of rotatable bonds is 5. The molecule has 3 heterocycles. The van der Waals surface area contributed by atoms with E-state index in [1.165, 1.54) is 0 Å². The maximum atomic E-state index is 12.8. The third kappa shape index (κ3) is 3.70. The second-order valence-corrected chi connectivity index (χ2v) is 7.25. The summed E-state index contributed by atoms with van der Waals surface area (Å²) < 4.78 is 0. The maximum Gasteiger partial charge on any atom is 0.239 e. The van der Waals surface area contributed by atoms with Crippen LogP contribution in [0.25, 0.3) is 11.0 Å². The highest BCUT2D eigenvalue weighted by atomic mass is 16.2. The smallest absolute Gasteiger partial charge is 0.239 e. The van der Waals surface area contributed by atoms with Crippen molar-refractivity contribution in [3.05, 3.63) is 60.2 Å². The second-order valence-electron chi connectivity index (χ2n) is 7.25. The van der Waals surface area contributed by atoms with Gasteiger partial charge in [0, 0.05) is 6.20 Å². The fourth-order valence-electron chi connectivity index (χ4n) is 3.43. The first-order valence-electron chi connectivity index (χ1n) is 9.29. The Balaban J connectivity index is 1.46. The molecule has 3 aromatic rings. The van der Waals surface area contributed by atoms with E-state index in [-0.39, 0.29) is 30.0 Å². The van der Waals surface area contributed by atoms with Gasteiger partial charge in [0.25, 0.3) is 0 Å². The molecule has 0 radical (unpaired) electrons. The Morgan fingerprint density at radius 3 is 2.70 bits per heavy atom. The average molecular weight is 364 g/mol. The first-order chi connectivity index (χ1) is 13.1. The Morgan fingerprint density at radius 1 is 1.15 bits per heavy atom. The molecule has 1 aliphatic rings. The van der Waals surface area contributed by atoms with Crippen LogP contribution in [0.1, 0.15) is 43.9 Å². The Morgan fingerprint density at radius 2 is 1.96 bits per heavy atom. The number of nitrogens with one attached hydrogen (secondary N) is 4. The molecule has 0 aliphatic carbocycles. The van der Waals surface area contributed by atoms with Gasteiger partial charge in [0.05, 0.1) is 28.8 Å². The monoisotopic (exact) mass is 364 g/mol. The van der Waals surface area contributed by atoms with Crippen LogP contribution in [-0.4, -0.2) is 26.9 Å². The Bertz CT molecular complexity index is 889. The number of carbonyl (C=O) groups excluding carboxylic acids is 1. The number of hydrogen-bond acceptors (Lipinski definition) is 5. The fourth-order valence-corrected chi connectivity index (χ4v) is 3.43. The van der Waals surface area contributed by atoms with Crippen LogP contribution in [0.4, 0.5) is 0 Å². The molecule has 1 fully saturated rings. The van der Waals surface area contributed by atoms with Crippen molar-refractivity contribution in [2.45, 2.75) is 38.4 Å². The summed E-state index contributed by atoms with van der Waals surface area (Å²) in [6.45, 7) is 4.16. The van der Waals surface area contributed by atoms with Crippen LogP contribution in [0.3, 0.4) is 0 Å². The van der Waals surface area contributed by atoms with Gasteiger partial charge in [-0.25, -0.2) is 15.8 Å². The summed E-state index contributed by atoms with van der Waals surface area (Å²) >= 11 is 0. The predicted octanol–water partition coefficient (Wildman–Crippen LogP) is 2.38. The molecular formula is C20H24N6O. The molecule has 7 heteroatoms. The standard InChI is InChI=1S/C20H24N6O/c1-12(2)18(19-22-14-8-3-4-9-15(14)23-19)24-20(27)17-11-16(25-26-17)13-7-5-6-10-21-13/h3-10,12,16-18,25-26H,11H2,1-2H3,(H,22,23)(H,24,27). The number of amides is 1. The lowest BCUT2D eigenvalue weighted by Gasteiger charge is -2.22. The van der Waals surface area contributed by atoms with E-state index >= 15 is 0 Å². The van der Waals surface area contributed by atoms with Crippen molar-refractivity contribution in [3.63, 3.8) is 0 Å². The highest BCUT2D eigenvalue weighted by molar-refractivity contribution is 5.82. The number of fused-ring (bicyclic) bond motifs is 1. The van der Waals surface area contributed by atoms with Gasteiger partial charge in [-0.15, -0.1) is 0 Å². The number of imidazole rings is 1. The van der Waals surface area contributed by atoms with Crippen molar-refractivity contribution in [3.8, 4) is 0 Å². The molecular weight excluding hydrogens is 340 g/mol. The van der Waals surface area contributed by atoms with E-state index in [1.807, 2.05) is 42.5 Å². The van der Waals surface area contributed by atoms with Gasteiger partial charge in [0.2, 0.25) is 5.91 Å². The van der Waals surface area contributed by atoms with E-state index in [1.54, 1.807) is 6.20 Å². The van der Waals surface area contributed by atoms with Gasteiger partial charge < -0.3 is 10.3 Å². The molecule has 3 atom stereocenters. The molecule has 1 aliphatic heterocycles. The van der Waals surface area contributed by atoms with Crippen LogP contribution in [-0.2, 0) is 4.79 Å². The summed E-state index contributed by atoms with van der Waals surface area (Å²) in [4.78, 5) is 25.2. The fraction of sp³-hybridized carbons (Fsp3) is 0.350. The van der Waals surface area contributed by atoms with Crippen molar-refractivity contribution >= 4 is 16.9 Å². The number of pyridine rings is 1. The lowest BCUT2D eigenvalue weighted by molar-refractivity contribution is -0.124. The van der Waals surface area contributed by atoms with Crippen molar-refractivity contribution in [1.29, 1.82) is 0 Å². The van der Waals surface area contributed by atoms with Gasteiger partial charge in [-0.05, 0) is 36.6 Å². The number of hydrogen-bond donors (Lipinski definition) is 4. The zero-order valence-corrected chi connectivity index (χ0v) is 15.4. The number of nitrogens with zero attached hydrogens (tertiary/aromatic N) is 2. The largest absolute Gasteiger partial charge is 0.344 e. The summed E-state index contributed by atoms with van der Waals surface area (Å²) in [7, 11) is 0. The van der Waals surface area contributed by atoms with Crippen LogP contribution in [0.2, 0.25) is 0 Å². The first-order valence-corrected chi connectivity index (χ1v) is 9.29. The normalized spacial score (nSPS) is 20.9. The summed E-state index contributed by atoms with van der Waals surface area (Å²) in [6.07, 6.45) is 2.41. The number of para-hydroxylation sites is 2. The molecule has 4 rings (SSSR count). The molecule has 0 spiro atoms. The van der Waals surface area contributed by atoms with Crippen molar-refractivity contribution in [2.75, 3.05) is 0 Å². The van der Waals surface area contributed by atoms with Crippen LogP contribution in [0, 0.1) is 5.92 Å². The summed E-state index contributed by atoms with van der Waals surface area (Å²) in [6, 6.07) is 13.2. The molecule has 1 saturated heterocycles. The summed E-state index contributed by atoms with van der Waals surface area (Å²) in [5, 5.41) is 3.15. The number of aromatic nitrogens is 3. The highest BCUT2D eigenvalue weighted by Gasteiger charge is 2.33. The Hall–Kier alpha value is -2.77. The van der Waals surface area contributed by atoms with Gasteiger partial charge >= 0.3 is 0 Å². The first kappa shape index (κ1) is 17.6. The van der Waals surface area contributed by atoms with Gasteiger partial charge in [0.15, 0.2) is 0 Å². The number of aromatic amines is 1. The molecule has 4 N–H and O–H groups in total. The summed E-state index contributed by atoms with van der Waals surface area (Å²) in [5.74, 6) is 0.947. The maximum absolute atomic E-state index is 12.8. The second kappa shape index (κ2) is 7.46. The SMILES string of the molecule is CC(C)C(NC(=O)C1CC(c2ccccn2)NN1)c1nc2ccccc2[nH]1. The third-order valence-corrected chi connectivity index (χ3v) is 4.93. The van der Waals surface area contributed by atoms with E-state index in [4.69, 9.17) is 0 Å². The number of carbonyl (C=O) groups is 1. The summed E-state index contributed by atoms with van der Waals surface area (Å²) in [5.41, 5.74) is 9.08. The molecule has 27 heavy (non-hydrogen) atoms. The number of benzene rings is 1.